The van der Waals surface area contributed by atoms with Gasteiger partial charge in [-0.1, -0.05) is 25.1 Å². The third-order valence-electron chi connectivity index (χ3n) is 6.97. The van der Waals surface area contributed by atoms with Gasteiger partial charge >= 0.3 is 0 Å². The van der Waals surface area contributed by atoms with Gasteiger partial charge in [-0.15, -0.1) is 0 Å². The fourth-order valence-corrected chi connectivity index (χ4v) is 5.80. The minimum atomic E-state index is -1.03. The molecule has 5 unspecified atom stereocenters. The highest BCUT2D eigenvalue weighted by atomic mass is 16.2. The first-order chi connectivity index (χ1) is 12.5. The summed E-state index contributed by atoms with van der Waals surface area (Å²) in [7, 11) is 0. The molecule has 4 aliphatic heterocycles. The summed E-state index contributed by atoms with van der Waals surface area (Å²) >= 11 is 0. The van der Waals surface area contributed by atoms with Gasteiger partial charge in [-0.3, -0.25) is 24.2 Å². The zero-order valence-electron chi connectivity index (χ0n) is 15.1. The van der Waals surface area contributed by atoms with Gasteiger partial charge in [0.25, 0.3) is 0 Å². The first kappa shape index (κ1) is 16.0. The van der Waals surface area contributed by atoms with Gasteiger partial charge in [-0.05, 0) is 38.8 Å². The minimum Gasteiger partial charge on any atom is -0.324 e. The highest BCUT2D eigenvalue weighted by molar-refractivity contribution is 6.15. The van der Waals surface area contributed by atoms with E-state index in [0.717, 1.165) is 37.1 Å². The molecule has 6 heteroatoms. The summed E-state index contributed by atoms with van der Waals surface area (Å²) in [5.74, 6) is -1.42. The fraction of sp³-hybridized carbons (Fsp3) is 0.550. The number of para-hydroxylation sites is 1. The van der Waals surface area contributed by atoms with Crippen molar-refractivity contribution in [3.05, 3.63) is 29.8 Å². The predicted molar refractivity (Wildman–Crippen MR) is 95.1 cm³/mol. The van der Waals surface area contributed by atoms with Crippen LogP contribution in [-0.4, -0.2) is 46.1 Å². The Morgan fingerprint density at radius 2 is 2.00 bits per heavy atom. The van der Waals surface area contributed by atoms with Gasteiger partial charge in [0.05, 0.1) is 11.8 Å². The molecule has 1 aromatic rings. The molecular formula is C20H23N3O3. The van der Waals surface area contributed by atoms with Crippen molar-refractivity contribution in [1.29, 1.82) is 0 Å². The Hall–Kier alpha value is -2.21. The van der Waals surface area contributed by atoms with E-state index in [2.05, 4.69) is 10.2 Å². The van der Waals surface area contributed by atoms with Crippen LogP contribution in [-0.2, 0) is 19.9 Å². The Labute approximate surface area is 152 Å². The number of amides is 3. The van der Waals surface area contributed by atoms with Crippen LogP contribution in [0.5, 0.6) is 0 Å². The number of benzene rings is 1. The number of rotatable bonds is 2. The number of nitrogens with one attached hydrogen (secondary N) is 1. The van der Waals surface area contributed by atoms with E-state index < -0.39 is 17.4 Å². The average molecular weight is 353 g/mol. The molecule has 26 heavy (non-hydrogen) atoms. The normalized spacial score (nSPS) is 36.5. The fourth-order valence-electron chi connectivity index (χ4n) is 5.80. The molecule has 4 aliphatic rings. The monoisotopic (exact) mass is 353 g/mol. The minimum absolute atomic E-state index is 0.0255. The summed E-state index contributed by atoms with van der Waals surface area (Å²) in [4.78, 5) is 43.6. The van der Waals surface area contributed by atoms with Gasteiger partial charge in [0.2, 0.25) is 17.7 Å². The highest BCUT2D eigenvalue weighted by Crippen LogP contribution is 2.60. The summed E-state index contributed by atoms with van der Waals surface area (Å²) in [5.41, 5.74) is 0.597. The summed E-state index contributed by atoms with van der Waals surface area (Å²) < 4.78 is 0. The van der Waals surface area contributed by atoms with Crippen molar-refractivity contribution in [3.63, 3.8) is 0 Å². The molecule has 136 valence electrons. The molecule has 3 saturated heterocycles. The highest BCUT2D eigenvalue weighted by Gasteiger charge is 2.74. The van der Waals surface area contributed by atoms with Crippen LogP contribution >= 0.6 is 0 Å². The third kappa shape index (κ3) is 1.60. The van der Waals surface area contributed by atoms with Crippen LogP contribution in [0.1, 0.15) is 38.7 Å². The summed E-state index contributed by atoms with van der Waals surface area (Å²) in [6, 6.07) is 7.46. The molecule has 5 atom stereocenters. The number of carbonyl (C=O) groups is 3. The molecule has 0 radical (unpaired) electrons. The number of imide groups is 1. The Bertz CT molecular complexity index is 837. The lowest BCUT2D eigenvalue weighted by Crippen LogP contribution is -2.54. The van der Waals surface area contributed by atoms with Crippen LogP contribution in [0.25, 0.3) is 0 Å². The lowest BCUT2D eigenvalue weighted by atomic mass is 9.75. The van der Waals surface area contributed by atoms with Crippen LogP contribution < -0.4 is 5.32 Å². The quantitative estimate of drug-likeness (QED) is 0.822. The van der Waals surface area contributed by atoms with Crippen molar-refractivity contribution in [3.8, 4) is 0 Å². The van der Waals surface area contributed by atoms with Crippen molar-refractivity contribution < 1.29 is 14.4 Å². The molecule has 1 N–H and O–H groups in total. The number of hydrogen-bond acceptors (Lipinski definition) is 4. The van der Waals surface area contributed by atoms with Gasteiger partial charge in [0, 0.05) is 23.3 Å². The van der Waals surface area contributed by atoms with E-state index in [0.29, 0.717) is 0 Å². The molecule has 1 aromatic carbocycles. The lowest BCUT2D eigenvalue weighted by Gasteiger charge is -2.37. The Balaban J connectivity index is 1.73. The first-order valence-electron chi connectivity index (χ1n) is 9.58. The molecule has 1 spiro atoms. The lowest BCUT2D eigenvalue weighted by molar-refractivity contribution is -0.147. The van der Waals surface area contributed by atoms with E-state index in [1.807, 2.05) is 38.1 Å². The molecule has 6 nitrogen and oxygen atoms in total. The van der Waals surface area contributed by atoms with Crippen molar-refractivity contribution >= 4 is 23.4 Å². The largest absolute Gasteiger partial charge is 0.324 e. The van der Waals surface area contributed by atoms with E-state index in [1.165, 1.54) is 4.90 Å². The first-order valence-corrected chi connectivity index (χ1v) is 9.58. The van der Waals surface area contributed by atoms with Crippen molar-refractivity contribution in [2.45, 2.75) is 50.7 Å². The molecule has 0 bridgehead atoms. The maximum absolute atomic E-state index is 13.4. The molecule has 3 fully saturated rings. The summed E-state index contributed by atoms with van der Waals surface area (Å²) in [6.07, 6.45) is 2.54. The number of nitrogens with zero attached hydrogens (tertiary/aromatic N) is 2. The molecule has 0 aliphatic carbocycles. The van der Waals surface area contributed by atoms with Gasteiger partial charge in [-0.2, -0.15) is 0 Å². The standard InChI is InChI=1S/C20H23N3O3/c1-3-11(2)23-17(24)15-14-9-6-10-22(14)20(16(15)18(23)25)12-7-4-5-8-13(12)21-19(20)26/h4-5,7-8,11,14-16H,3,6,9-10H2,1-2H3,(H,21,26). The van der Waals surface area contributed by atoms with Crippen LogP contribution in [0.2, 0.25) is 0 Å². The maximum atomic E-state index is 13.4. The molecule has 5 rings (SSSR count). The predicted octanol–water partition coefficient (Wildman–Crippen LogP) is 1.71. The molecule has 3 amide bonds. The third-order valence-corrected chi connectivity index (χ3v) is 6.97. The Morgan fingerprint density at radius 1 is 1.23 bits per heavy atom. The number of hydrogen-bond donors (Lipinski definition) is 1. The summed E-state index contributed by atoms with van der Waals surface area (Å²) in [5, 5.41) is 2.99. The van der Waals surface area contributed by atoms with Crippen molar-refractivity contribution in [2.75, 3.05) is 11.9 Å². The van der Waals surface area contributed by atoms with Gasteiger partial charge < -0.3 is 5.32 Å². The van der Waals surface area contributed by atoms with Gasteiger partial charge in [0.1, 0.15) is 5.54 Å². The number of fused-ring (bicyclic) bond motifs is 7. The van der Waals surface area contributed by atoms with E-state index >= 15 is 0 Å². The number of likely N-dealkylation sites (tertiary alicyclic amines) is 1. The topological polar surface area (TPSA) is 69.7 Å². The molecule has 0 saturated carbocycles. The van der Waals surface area contributed by atoms with E-state index in [9.17, 15) is 14.4 Å². The van der Waals surface area contributed by atoms with Gasteiger partial charge in [-0.25, -0.2) is 0 Å². The second-order valence-corrected chi connectivity index (χ2v) is 7.98. The molecular weight excluding hydrogens is 330 g/mol. The van der Waals surface area contributed by atoms with Crippen LogP contribution in [0, 0.1) is 11.8 Å². The smallest absolute Gasteiger partial charge is 0.250 e. The second kappa shape index (κ2) is 5.16. The van der Waals surface area contributed by atoms with Crippen molar-refractivity contribution in [2.24, 2.45) is 11.8 Å². The summed E-state index contributed by atoms with van der Waals surface area (Å²) in [6.45, 7) is 4.65. The zero-order chi connectivity index (χ0) is 18.2. The zero-order valence-corrected chi connectivity index (χ0v) is 15.1. The Kier molecular flexibility index (Phi) is 3.18. The van der Waals surface area contributed by atoms with Crippen molar-refractivity contribution in [1.82, 2.24) is 9.80 Å². The van der Waals surface area contributed by atoms with Crippen LogP contribution in [0.3, 0.4) is 0 Å². The molecule has 0 aromatic heterocycles. The van der Waals surface area contributed by atoms with Gasteiger partial charge in [0.15, 0.2) is 0 Å². The second-order valence-electron chi connectivity index (χ2n) is 7.98. The van der Waals surface area contributed by atoms with Crippen LogP contribution in [0.15, 0.2) is 24.3 Å². The maximum Gasteiger partial charge on any atom is 0.250 e. The van der Waals surface area contributed by atoms with E-state index in [4.69, 9.17) is 0 Å². The SMILES string of the molecule is CCC(C)N1C(=O)C2C3CCCN3C3(C(=O)Nc4ccccc43)C2C1=O. The Morgan fingerprint density at radius 3 is 2.77 bits per heavy atom. The van der Waals surface area contributed by atoms with E-state index in [-0.39, 0.29) is 29.8 Å². The average Bonchev–Trinajstić information content (AvgIpc) is 3.33. The van der Waals surface area contributed by atoms with Crippen LogP contribution in [0.4, 0.5) is 5.69 Å². The number of anilines is 1. The number of carbonyl (C=O) groups excluding carboxylic acids is 3. The molecule has 4 heterocycles. The van der Waals surface area contributed by atoms with E-state index in [1.54, 1.807) is 0 Å².